The van der Waals surface area contributed by atoms with Crippen molar-refractivity contribution in [3.05, 3.63) is 30.1 Å². The van der Waals surface area contributed by atoms with E-state index in [-0.39, 0.29) is 0 Å². The number of hydrogen-bond donors (Lipinski definition) is 0. The predicted octanol–water partition coefficient (Wildman–Crippen LogP) is 1.24. The Morgan fingerprint density at radius 3 is 2.90 bits per heavy atom. The van der Waals surface area contributed by atoms with Crippen LogP contribution in [-0.4, -0.2) is 40.3 Å². The number of methoxy groups -OCH3 is 2. The smallest absolute Gasteiger partial charge is 0.218 e. The summed E-state index contributed by atoms with van der Waals surface area (Å²) in [4.78, 5) is 15.1. The molecule has 0 aromatic carbocycles. The number of aryl methyl sites for hydroxylation is 1. The van der Waals surface area contributed by atoms with Crippen LogP contribution in [0, 0.1) is 0 Å². The lowest BCUT2D eigenvalue weighted by atomic mass is 10.3. The van der Waals surface area contributed by atoms with Gasteiger partial charge in [0, 0.05) is 26.3 Å². The highest BCUT2D eigenvalue weighted by atomic mass is 16.5. The topological polar surface area (TPSA) is 65.3 Å². The van der Waals surface area contributed by atoms with Gasteiger partial charge in [-0.05, 0) is 6.42 Å². The first kappa shape index (κ1) is 13.8. The van der Waals surface area contributed by atoms with Gasteiger partial charge in [0.2, 0.25) is 5.88 Å². The highest BCUT2D eigenvalue weighted by molar-refractivity contribution is 5.42. The predicted molar refractivity (Wildman–Crippen MR) is 77.2 cm³/mol. The minimum absolute atomic E-state index is 0.531. The van der Waals surface area contributed by atoms with E-state index in [0.717, 1.165) is 37.6 Å². The molecule has 0 amide bonds. The molecule has 0 bridgehead atoms. The molecule has 0 atom stereocenters. The van der Waals surface area contributed by atoms with Crippen molar-refractivity contribution in [2.24, 2.45) is 0 Å². The lowest BCUT2D eigenvalue weighted by Crippen LogP contribution is -2.24. The molecule has 112 valence electrons. The largest absolute Gasteiger partial charge is 0.481 e. The van der Waals surface area contributed by atoms with Gasteiger partial charge in [0.25, 0.3) is 0 Å². The number of fused-ring (bicyclic) bond motifs is 1. The third-order valence-electron chi connectivity index (χ3n) is 3.64. The van der Waals surface area contributed by atoms with Crippen molar-refractivity contribution >= 4 is 5.82 Å². The van der Waals surface area contributed by atoms with Gasteiger partial charge in [-0.3, -0.25) is 0 Å². The third kappa shape index (κ3) is 2.82. The molecule has 0 N–H and O–H groups in total. The molecular formula is C14H19N5O2. The zero-order valence-corrected chi connectivity index (χ0v) is 12.3. The van der Waals surface area contributed by atoms with E-state index in [0.29, 0.717) is 12.5 Å². The van der Waals surface area contributed by atoms with Gasteiger partial charge >= 0.3 is 0 Å². The van der Waals surface area contributed by atoms with E-state index in [9.17, 15) is 0 Å². The summed E-state index contributed by atoms with van der Waals surface area (Å²) in [5.41, 5.74) is 2.18. The first-order valence-electron chi connectivity index (χ1n) is 6.94. The molecular weight excluding hydrogens is 270 g/mol. The monoisotopic (exact) mass is 289 g/mol. The van der Waals surface area contributed by atoms with Crippen LogP contribution >= 0.6 is 0 Å². The van der Waals surface area contributed by atoms with Crippen LogP contribution in [0.1, 0.15) is 17.8 Å². The summed E-state index contributed by atoms with van der Waals surface area (Å²) in [5.74, 6) is 1.45. The van der Waals surface area contributed by atoms with E-state index < -0.39 is 0 Å². The van der Waals surface area contributed by atoms with Crippen LogP contribution in [0.5, 0.6) is 5.88 Å². The Kier molecular flexibility index (Phi) is 4.01. The summed E-state index contributed by atoms with van der Waals surface area (Å²) >= 11 is 0. The fourth-order valence-corrected chi connectivity index (χ4v) is 2.58. The first-order valence-corrected chi connectivity index (χ1v) is 6.94. The van der Waals surface area contributed by atoms with E-state index >= 15 is 0 Å². The van der Waals surface area contributed by atoms with Crippen LogP contribution in [0.25, 0.3) is 0 Å². The Labute approximate surface area is 123 Å². The Morgan fingerprint density at radius 2 is 2.10 bits per heavy atom. The molecule has 0 fully saturated rings. The van der Waals surface area contributed by atoms with Gasteiger partial charge in [0.05, 0.1) is 38.0 Å². The molecule has 0 spiro atoms. The number of aromatic nitrogens is 4. The molecule has 21 heavy (non-hydrogen) atoms. The van der Waals surface area contributed by atoms with Gasteiger partial charge in [-0.25, -0.2) is 15.0 Å². The molecule has 1 aliphatic rings. The second kappa shape index (κ2) is 6.09. The number of nitrogens with zero attached hydrogens (tertiary/aromatic N) is 5. The van der Waals surface area contributed by atoms with Crippen LogP contribution in [0.2, 0.25) is 0 Å². The fourth-order valence-electron chi connectivity index (χ4n) is 2.58. The number of anilines is 1. The summed E-state index contributed by atoms with van der Waals surface area (Å²) in [6, 6.07) is 1.86. The SMILES string of the molecule is COCc1ncn2c1CN(c1cc(OC)ncn1)CCC2. The summed E-state index contributed by atoms with van der Waals surface area (Å²) < 4.78 is 12.6. The molecule has 3 rings (SSSR count). The van der Waals surface area contributed by atoms with Gasteiger partial charge < -0.3 is 18.9 Å². The molecule has 0 saturated carbocycles. The normalized spacial score (nSPS) is 14.7. The van der Waals surface area contributed by atoms with E-state index in [1.54, 1.807) is 14.2 Å². The Hall–Kier alpha value is -2.15. The summed E-state index contributed by atoms with van der Waals surface area (Å²) in [6.07, 6.45) is 4.47. The summed E-state index contributed by atoms with van der Waals surface area (Å²) in [6.45, 7) is 3.20. The van der Waals surface area contributed by atoms with Crippen LogP contribution < -0.4 is 9.64 Å². The molecule has 2 aromatic rings. The maximum Gasteiger partial charge on any atom is 0.218 e. The van der Waals surface area contributed by atoms with Gasteiger partial charge in [-0.15, -0.1) is 0 Å². The molecule has 2 aromatic heterocycles. The number of ether oxygens (including phenoxy) is 2. The van der Waals surface area contributed by atoms with E-state index in [4.69, 9.17) is 9.47 Å². The van der Waals surface area contributed by atoms with Crippen molar-refractivity contribution in [2.75, 3.05) is 25.7 Å². The molecule has 7 heteroatoms. The molecule has 3 heterocycles. The second-order valence-electron chi connectivity index (χ2n) is 4.96. The Bertz CT molecular complexity index is 613. The lowest BCUT2D eigenvalue weighted by molar-refractivity contribution is 0.181. The number of rotatable bonds is 4. The molecule has 1 aliphatic heterocycles. The highest BCUT2D eigenvalue weighted by Gasteiger charge is 2.20. The quantitative estimate of drug-likeness (QED) is 0.843. The maximum atomic E-state index is 5.23. The summed E-state index contributed by atoms with van der Waals surface area (Å²) in [7, 11) is 3.30. The molecule has 0 aliphatic carbocycles. The minimum atomic E-state index is 0.531. The number of hydrogen-bond acceptors (Lipinski definition) is 6. The molecule has 0 radical (unpaired) electrons. The lowest BCUT2D eigenvalue weighted by Gasteiger charge is -2.21. The van der Waals surface area contributed by atoms with E-state index in [1.807, 2.05) is 12.4 Å². The van der Waals surface area contributed by atoms with E-state index in [2.05, 4.69) is 24.4 Å². The van der Waals surface area contributed by atoms with Crippen LogP contribution in [-0.2, 0) is 24.4 Å². The maximum absolute atomic E-state index is 5.23. The first-order chi connectivity index (χ1) is 10.3. The van der Waals surface area contributed by atoms with Crippen molar-refractivity contribution in [1.29, 1.82) is 0 Å². The average Bonchev–Trinajstić information content (AvgIpc) is 2.77. The highest BCUT2D eigenvalue weighted by Crippen LogP contribution is 2.22. The van der Waals surface area contributed by atoms with Crippen molar-refractivity contribution in [2.45, 2.75) is 26.1 Å². The van der Waals surface area contributed by atoms with Gasteiger partial charge in [-0.1, -0.05) is 0 Å². The molecule has 0 saturated heterocycles. The van der Waals surface area contributed by atoms with Crippen molar-refractivity contribution in [3.63, 3.8) is 0 Å². The average molecular weight is 289 g/mol. The van der Waals surface area contributed by atoms with Gasteiger partial charge in [0.15, 0.2) is 0 Å². The second-order valence-corrected chi connectivity index (χ2v) is 4.96. The Balaban J connectivity index is 1.88. The fraction of sp³-hybridized carbons (Fsp3) is 0.500. The van der Waals surface area contributed by atoms with Gasteiger partial charge in [0.1, 0.15) is 12.1 Å². The third-order valence-corrected chi connectivity index (χ3v) is 3.64. The minimum Gasteiger partial charge on any atom is -0.481 e. The summed E-state index contributed by atoms with van der Waals surface area (Å²) in [5, 5.41) is 0. The van der Waals surface area contributed by atoms with E-state index in [1.165, 1.54) is 12.0 Å². The zero-order chi connectivity index (χ0) is 14.7. The number of imidazole rings is 1. The van der Waals surface area contributed by atoms with Crippen LogP contribution in [0.4, 0.5) is 5.82 Å². The van der Waals surface area contributed by atoms with Crippen molar-refractivity contribution < 1.29 is 9.47 Å². The van der Waals surface area contributed by atoms with Crippen molar-refractivity contribution in [3.8, 4) is 5.88 Å². The van der Waals surface area contributed by atoms with Crippen molar-refractivity contribution in [1.82, 2.24) is 19.5 Å². The molecule has 0 unspecified atom stereocenters. The standard InChI is InChI=1S/C14H19N5O2/c1-20-8-11-12-7-18(4-3-5-19(12)10-17-11)13-6-14(21-2)16-9-15-13/h6,9-10H,3-5,7-8H2,1-2H3. The van der Waals surface area contributed by atoms with Crippen LogP contribution in [0.3, 0.4) is 0 Å². The molecule has 7 nitrogen and oxygen atoms in total. The Morgan fingerprint density at radius 1 is 1.19 bits per heavy atom. The van der Waals surface area contributed by atoms with Gasteiger partial charge in [-0.2, -0.15) is 0 Å². The van der Waals surface area contributed by atoms with Crippen LogP contribution in [0.15, 0.2) is 18.7 Å². The zero-order valence-electron chi connectivity index (χ0n) is 12.3.